The molecule has 0 aliphatic rings. The van der Waals surface area contributed by atoms with Crippen LogP contribution in [-0.2, 0) is 11.2 Å². The van der Waals surface area contributed by atoms with Gasteiger partial charge in [0, 0.05) is 17.0 Å². The fourth-order valence-corrected chi connectivity index (χ4v) is 3.43. The molecule has 8 nitrogen and oxygen atoms in total. The zero-order valence-electron chi connectivity index (χ0n) is 16.9. The SMILES string of the molecule is Cc1nnnn1C(Cc1ccc(F)cc1)C(=O)Nc1ccc(Oc2cccc(Br)c2)nc1. The number of ether oxygens (including phenoxy) is 1. The summed E-state index contributed by atoms with van der Waals surface area (Å²) in [6, 6.07) is 16.0. The van der Waals surface area contributed by atoms with Crippen LogP contribution in [0.5, 0.6) is 11.6 Å². The highest BCUT2D eigenvalue weighted by Crippen LogP contribution is 2.24. The third kappa shape index (κ3) is 5.33. The van der Waals surface area contributed by atoms with E-state index in [4.69, 9.17) is 4.74 Å². The van der Waals surface area contributed by atoms with Crippen molar-refractivity contribution >= 4 is 27.5 Å². The van der Waals surface area contributed by atoms with Gasteiger partial charge in [0.25, 0.3) is 0 Å². The van der Waals surface area contributed by atoms with E-state index in [1.54, 1.807) is 31.2 Å². The lowest BCUT2D eigenvalue weighted by Crippen LogP contribution is -2.29. The number of hydrogen-bond donors (Lipinski definition) is 1. The fraction of sp³-hybridized carbons (Fsp3) is 0.136. The van der Waals surface area contributed by atoms with Crippen molar-refractivity contribution in [1.29, 1.82) is 0 Å². The van der Waals surface area contributed by atoms with Gasteiger partial charge in [-0.25, -0.2) is 14.1 Å². The summed E-state index contributed by atoms with van der Waals surface area (Å²) in [5.41, 5.74) is 1.27. The van der Waals surface area contributed by atoms with Crippen LogP contribution in [0.3, 0.4) is 0 Å². The minimum absolute atomic E-state index is 0.287. The van der Waals surface area contributed by atoms with Crippen LogP contribution < -0.4 is 10.1 Å². The Labute approximate surface area is 191 Å². The van der Waals surface area contributed by atoms with Gasteiger partial charge in [-0.15, -0.1) is 5.10 Å². The average molecular weight is 497 g/mol. The molecule has 0 bridgehead atoms. The molecular weight excluding hydrogens is 479 g/mol. The summed E-state index contributed by atoms with van der Waals surface area (Å²) in [6.45, 7) is 1.71. The first-order valence-corrected chi connectivity index (χ1v) is 10.5. The van der Waals surface area contributed by atoms with Crippen molar-refractivity contribution in [1.82, 2.24) is 25.2 Å². The molecule has 2 aromatic heterocycles. The number of halogens is 2. The zero-order chi connectivity index (χ0) is 22.5. The lowest BCUT2D eigenvalue weighted by molar-refractivity contribution is -0.119. The largest absolute Gasteiger partial charge is 0.439 e. The molecule has 10 heteroatoms. The summed E-state index contributed by atoms with van der Waals surface area (Å²) in [5, 5.41) is 14.3. The van der Waals surface area contributed by atoms with Crippen LogP contribution >= 0.6 is 15.9 Å². The van der Waals surface area contributed by atoms with Crippen LogP contribution in [0, 0.1) is 12.7 Å². The molecule has 0 aliphatic heterocycles. The first-order chi connectivity index (χ1) is 15.5. The Morgan fingerprint density at radius 3 is 2.66 bits per heavy atom. The molecule has 0 saturated heterocycles. The fourth-order valence-electron chi connectivity index (χ4n) is 3.05. The Kier molecular flexibility index (Phi) is 6.50. The van der Waals surface area contributed by atoms with E-state index in [0.717, 1.165) is 10.0 Å². The van der Waals surface area contributed by atoms with Gasteiger partial charge in [0.2, 0.25) is 11.8 Å². The number of tetrazole rings is 1. The highest BCUT2D eigenvalue weighted by Gasteiger charge is 2.24. The highest BCUT2D eigenvalue weighted by atomic mass is 79.9. The average Bonchev–Trinajstić information content (AvgIpc) is 3.20. The number of amides is 1. The van der Waals surface area contributed by atoms with Gasteiger partial charge in [0.05, 0.1) is 11.9 Å². The molecule has 1 unspecified atom stereocenters. The molecule has 2 heterocycles. The van der Waals surface area contributed by atoms with Gasteiger partial charge in [-0.2, -0.15) is 0 Å². The van der Waals surface area contributed by atoms with E-state index < -0.39 is 6.04 Å². The summed E-state index contributed by atoms with van der Waals surface area (Å²) in [6.07, 6.45) is 1.79. The Bertz CT molecular complexity index is 1210. The van der Waals surface area contributed by atoms with Crippen LogP contribution in [0.4, 0.5) is 10.1 Å². The Balaban J connectivity index is 1.49. The minimum atomic E-state index is -0.729. The van der Waals surface area contributed by atoms with Crippen LogP contribution in [0.15, 0.2) is 71.3 Å². The first kappa shape index (κ1) is 21.6. The molecule has 32 heavy (non-hydrogen) atoms. The normalized spacial score (nSPS) is 11.7. The van der Waals surface area contributed by atoms with E-state index in [1.807, 2.05) is 24.3 Å². The zero-order valence-corrected chi connectivity index (χ0v) is 18.5. The number of pyridine rings is 1. The standard InChI is InChI=1S/C22H18BrFN6O2/c1-14-27-28-29-30(14)20(11-15-5-7-17(24)8-6-15)22(31)26-18-9-10-21(25-13-18)32-19-4-2-3-16(23)12-19/h2-10,12-13,20H,11H2,1H3,(H,26,31). The molecular formula is C22H18BrFN6O2. The van der Waals surface area contributed by atoms with E-state index in [-0.39, 0.29) is 18.1 Å². The van der Waals surface area contributed by atoms with Gasteiger partial charge in [0.1, 0.15) is 23.4 Å². The molecule has 1 N–H and O–H groups in total. The second-order valence-electron chi connectivity index (χ2n) is 6.95. The van der Waals surface area contributed by atoms with Crippen molar-refractivity contribution in [3.63, 3.8) is 0 Å². The molecule has 2 aromatic carbocycles. The van der Waals surface area contributed by atoms with Crippen molar-refractivity contribution in [2.75, 3.05) is 5.32 Å². The number of hydrogen-bond acceptors (Lipinski definition) is 6. The van der Waals surface area contributed by atoms with Crippen LogP contribution in [0.25, 0.3) is 0 Å². The predicted octanol–water partition coefficient (Wildman–Crippen LogP) is 4.49. The lowest BCUT2D eigenvalue weighted by atomic mass is 10.1. The van der Waals surface area contributed by atoms with Crippen molar-refractivity contribution in [2.24, 2.45) is 0 Å². The lowest BCUT2D eigenvalue weighted by Gasteiger charge is -2.17. The van der Waals surface area contributed by atoms with E-state index in [9.17, 15) is 9.18 Å². The van der Waals surface area contributed by atoms with E-state index in [1.165, 1.54) is 23.0 Å². The van der Waals surface area contributed by atoms with Gasteiger partial charge in [0.15, 0.2) is 0 Å². The Hall–Kier alpha value is -3.66. The number of carbonyl (C=O) groups is 1. The number of aromatic nitrogens is 5. The maximum atomic E-state index is 13.3. The van der Waals surface area contributed by atoms with Gasteiger partial charge in [-0.3, -0.25) is 4.79 Å². The Morgan fingerprint density at radius 1 is 1.19 bits per heavy atom. The molecule has 4 rings (SSSR count). The van der Waals surface area contributed by atoms with Gasteiger partial charge in [-0.1, -0.05) is 34.1 Å². The highest BCUT2D eigenvalue weighted by molar-refractivity contribution is 9.10. The third-order valence-corrected chi connectivity index (χ3v) is 5.11. The van der Waals surface area contributed by atoms with Crippen LogP contribution in [0.1, 0.15) is 17.4 Å². The maximum Gasteiger partial charge on any atom is 0.249 e. The molecule has 0 spiro atoms. The number of benzene rings is 2. The quantitative estimate of drug-likeness (QED) is 0.404. The summed E-state index contributed by atoms with van der Waals surface area (Å²) in [7, 11) is 0. The van der Waals surface area contributed by atoms with E-state index >= 15 is 0 Å². The second-order valence-corrected chi connectivity index (χ2v) is 7.87. The van der Waals surface area contributed by atoms with Gasteiger partial charge < -0.3 is 10.1 Å². The number of rotatable bonds is 7. The summed E-state index contributed by atoms with van der Waals surface area (Å²) >= 11 is 3.39. The van der Waals surface area contributed by atoms with Crippen LogP contribution in [0.2, 0.25) is 0 Å². The van der Waals surface area contributed by atoms with Crippen molar-refractivity contribution < 1.29 is 13.9 Å². The minimum Gasteiger partial charge on any atom is -0.439 e. The molecule has 0 saturated carbocycles. The number of anilines is 1. The molecule has 1 amide bonds. The van der Waals surface area contributed by atoms with Gasteiger partial charge >= 0.3 is 0 Å². The molecule has 0 radical (unpaired) electrons. The number of aryl methyl sites for hydroxylation is 1. The van der Waals surface area contributed by atoms with E-state index in [2.05, 4.69) is 41.8 Å². The third-order valence-electron chi connectivity index (χ3n) is 4.62. The molecule has 162 valence electrons. The summed E-state index contributed by atoms with van der Waals surface area (Å²) in [5.74, 6) is 0.845. The summed E-state index contributed by atoms with van der Waals surface area (Å²) < 4.78 is 21.3. The van der Waals surface area contributed by atoms with Crippen molar-refractivity contribution in [3.05, 3.63) is 88.5 Å². The molecule has 0 fully saturated rings. The number of carbonyl (C=O) groups excluding carboxylic acids is 1. The predicted molar refractivity (Wildman–Crippen MR) is 119 cm³/mol. The molecule has 0 aliphatic carbocycles. The van der Waals surface area contributed by atoms with E-state index in [0.29, 0.717) is 23.1 Å². The smallest absolute Gasteiger partial charge is 0.249 e. The molecule has 4 aromatic rings. The summed E-state index contributed by atoms with van der Waals surface area (Å²) in [4.78, 5) is 17.3. The monoisotopic (exact) mass is 496 g/mol. The van der Waals surface area contributed by atoms with Crippen molar-refractivity contribution in [2.45, 2.75) is 19.4 Å². The molecule has 1 atom stereocenters. The Morgan fingerprint density at radius 2 is 2.00 bits per heavy atom. The van der Waals surface area contributed by atoms with Crippen molar-refractivity contribution in [3.8, 4) is 11.6 Å². The first-order valence-electron chi connectivity index (χ1n) is 9.67. The maximum absolute atomic E-state index is 13.3. The second kappa shape index (κ2) is 9.65. The number of nitrogens with one attached hydrogen (secondary N) is 1. The van der Waals surface area contributed by atoms with Gasteiger partial charge in [-0.05, 0) is 59.3 Å². The van der Waals surface area contributed by atoms with Crippen LogP contribution in [-0.4, -0.2) is 31.1 Å². The topological polar surface area (TPSA) is 94.8 Å². The number of nitrogens with zero attached hydrogens (tertiary/aromatic N) is 5.